The maximum Gasteiger partial charge on any atom is 0.252 e. The zero-order valence-corrected chi connectivity index (χ0v) is 15.5. The number of amides is 1. The van der Waals surface area contributed by atoms with Crippen molar-refractivity contribution < 1.29 is 22.7 Å². The Morgan fingerprint density at radius 2 is 2.08 bits per heavy atom. The number of rotatable bonds is 4. The fourth-order valence-corrected chi connectivity index (χ4v) is 5.80. The van der Waals surface area contributed by atoms with Crippen LogP contribution >= 0.6 is 11.3 Å². The molecular formula is C17H18N2O5S2. The van der Waals surface area contributed by atoms with Crippen molar-refractivity contribution in [2.24, 2.45) is 5.92 Å². The number of carbonyl (C=O) groups is 1. The van der Waals surface area contributed by atoms with Crippen LogP contribution in [-0.4, -0.2) is 38.5 Å². The van der Waals surface area contributed by atoms with Crippen LogP contribution in [0, 0.1) is 5.92 Å². The minimum Gasteiger partial charge on any atom is -0.454 e. The van der Waals surface area contributed by atoms with Crippen molar-refractivity contribution in [3.8, 4) is 11.5 Å². The smallest absolute Gasteiger partial charge is 0.252 e. The molecule has 1 amide bonds. The second-order valence-corrected chi connectivity index (χ2v) is 9.30. The quantitative estimate of drug-likeness (QED) is 0.861. The van der Waals surface area contributed by atoms with Crippen LogP contribution in [0.25, 0.3) is 0 Å². The highest BCUT2D eigenvalue weighted by molar-refractivity contribution is 7.91. The predicted octanol–water partition coefficient (Wildman–Crippen LogP) is 2.52. The molecule has 4 rings (SSSR count). The summed E-state index contributed by atoms with van der Waals surface area (Å²) in [4.78, 5) is 12.6. The van der Waals surface area contributed by atoms with Gasteiger partial charge in [-0.15, -0.1) is 11.3 Å². The molecule has 1 N–H and O–H groups in total. The molecule has 2 aliphatic heterocycles. The minimum absolute atomic E-state index is 0.172. The molecule has 9 heteroatoms. The molecule has 0 radical (unpaired) electrons. The van der Waals surface area contributed by atoms with E-state index in [1.165, 1.54) is 15.6 Å². The molecule has 0 aliphatic carbocycles. The molecule has 1 fully saturated rings. The predicted molar refractivity (Wildman–Crippen MR) is 97.0 cm³/mol. The van der Waals surface area contributed by atoms with Crippen molar-refractivity contribution in [3.05, 3.63) is 35.7 Å². The molecule has 2 aliphatic rings. The largest absolute Gasteiger partial charge is 0.454 e. The number of fused-ring (bicyclic) bond motifs is 1. The van der Waals surface area contributed by atoms with Gasteiger partial charge in [-0.25, -0.2) is 8.42 Å². The number of ether oxygens (including phenoxy) is 2. The first-order chi connectivity index (χ1) is 12.5. The van der Waals surface area contributed by atoms with Crippen LogP contribution in [0.5, 0.6) is 11.5 Å². The first kappa shape index (κ1) is 17.3. The second-order valence-electron chi connectivity index (χ2n) is 6.19. The summed E-state index contributed by atoms with van der Waals surface area (Å²) in [5.74, 6) is 0.668. The normalized spacial score (nSPS) is 20.1. The summed E-state index contributed by atoms with van der Waals surface area (Å²) in [6.07, 6.45) is 1.32. The van der Waals surface area contributed by atoms with Gasteiger partial charge in [0.1, 0.15) is 4.21 Å². The van der Waals surface area contributed by atoms with Crippen molar-refractivity contribution in [3.63, 3.8) is 0 Å². The maximum absolute atomic E-state index is 12.7. The summed E-state index contributed by atoms with van der Waals surface area (Å²) in [5.41, 5.74) is 0.609. The van der Waals surface area contributed by atoms with Gasteiger partial charge in [0.15, 0.2) is 11.5 Å². The molecule has 3 heterocycles. The van der Waals surface area contributed by atoms with E-state index in [0.29, 0.717) is 40.8 Å². The van der Waals surface area contributed by atoms with Gasteiger partial charge in [-0.2, -0.15) is 4.31 Å². The zero-order chi connectivity index (χ0) is 18.1. The van der Waals surface area contributed by atoms with E-state index in [9.17, 15) is 13.2 Å². The molecule has 0 spiro atoms. The summed E-state index contributed by atoms with van der Waals surface area (Å²) in [5, 5.41) is 4.59. The van der Waals surface area contributed by atoms with Crippen LogP contribution in [0.2, 0.25) is 0 Å². The molecule has 2 aromatic rings. The number of nitrogens with one attached hydrogen (secondary N) is 1. The van der Waals surface area contributed by atoms with E-state index in [4.69, 9.17) is 9.47 Å². The second kappa shape index (κ2) is 6.90. The van der Waals surface area contributed by atoms with Gasteiger partial charge in [0.2, 0.25) is 12.7 Å². The Kier molecular flexibility index (Phi) is 4.60. The molecule has 0 unspecified atom stereocenters. The lowest BCUT2D eigenvalue weighted by Gasteiger charge is -2.30. The molecule has 1 aromatic carbocycles. The Balaban J connectivity index is 1.45. The molecule has 0 bridgehead atoms. The number of nitrogens with zero attached hydrogens (tertiary/aromatic N) is 1. The van der Waals surface area contributed by atoms with E-state index in [1.807, 2.05) is 0 Å². The molecular weight excluding hydrogens is 376 g/mol. The van der Waals surface area contributed by atoms with E-state index < -0.39 is 10.0 Å². The maximum atomic E-state index is 12.7. The number of sulfonamides is 1. The van der Waals surface area contributed by atoms with Gasteiger partial charge in [-0.05, 0) is 36.4 Å². The topological polar surface area (TPSA) is 84.9 Å². The molecule has 7 nitrogen and oxygen atoms in total. The van der Waals surface area contributed by atoms with E-state index in [2.05, 4.69) is 5.32 Å². The number of hydrogen-bond donors (Lipinski definition) is 1. The highest BCUT2D eigenvalue weighted by atomic mass is 32.2. The Morgan fingerprint density at radius 1 is 1.23 bits per heavy atom. The Hall–Kier alpha value is -2.10. The third kappa shape index (κ3) is 3.29. The highest BCUT2D eigenvalue weighted by Gasteiger charge is 2.33. The van der Waals surface area contributed by atoms with Gasteiger partial charge >= 0.3 is 0 Å². The lowest BCUT2D eigenvalue weighted by Crippen LogP contribution is -2.43. The molecule has 0 saturated carbocycles. The fourth-order valence-electron chi connectivity index (χ4n) is 3.13. The minimum atomic E-state index is -3.53. The van der Waals surface area contributed by atoms with Crippen LogP contribution < -0.4 is 14.8 Å². The summed E-state index contributed by atoms with van der Waals surface area (Å²) in [6, 6.07) is 8.51. The average molecular weight is 394 g/mol. The van der Waals surface area contributed by atoms with Gasteiger partial charge in [0.05, 0.1) is 5.92 Å². The molecule has 1 atom stereocenters. The van der Waals surface area contributed by atoms with Crippen LogP contribution in [0.4, 0.5) is 5.69 Å². The molecule has 26 heavy (non-hydrogen) atoms. The number of anilines is 1. The van der Waals surface area contributed by atoms with Crippen molar-refractivity contribution in [2.75, 3.05) is 25.2 Å². The van der Waals surface area contributed by atoms with Crippen LogP contribution in [0.1, 0.15) is 12.8 Å². The molecule has 1 saturated heterocycles. The Bertz CT molecular complexity index is 911. The summed E-state index contributed by atoms with van der Waals surface area (Å²) >= 11 is 1.19. The number of thiophene rings is 1. The summed E-state index contributed by atoms with van der Waals surface area (Å²) < 4.78 is 37.6. The Morgan fingerprint density at radius 3 is 2.88 bits per heavy atom. The van der Waals surface area contributed by atoms with Gasteiger partial charge in [-0.1, -0.05) is 6.07 Å². The molecule has 138 valence electrons. The lowest BCUT2D eigenvalue weighted by molar-refractivity contribution is -0.120. The number of benzene rings is 1. The van der Waals surface area contributed by atoms with Crippen molar-refractivity contribution >= 4 is 33.0 Å². The van der Waals surface area contributed by atoms with E-state index in [0.717, 1.165) is 0 Å². The van der Waals surface area contributed by atoms with E-state index >= 15 is 0 Å². The number of hydrogen-bond acceptors (Lipinski definition) is 6. The van der Waals surface area contributed by atoms with E-state index in [-0.39, 0.29) is 25.2 Å². The average Bonchev–Trinajstić information content (AvgIpc) is 3.33. The van der Waals surface area contributed by atoms with Gasteiger partial charge in [-0.3, -0.25) is 4.79 Å². The van der Waals surface area contributed by atoms with Crippen LogP contribution in [-0.2, 0) is 14.8 Å². The first-order valence-corrected chi connectivity index (χ1v) is 10.6. The van der Waals surface area contributed by atoms with Crippen molar-refractivity contribution in [1.82, 2.24) is 4.31 Å². The SMILES string of the molecule is O=C(Nc1ccc2c(c1)OCO2)[C@@H]1CCCN(S(=O)(=O)c2cccs2)C1. The third-order valence-corrected chi connectivity index (χ3v) is 7.72. The highest BCUT2D eigenvalue weighted by Crippen LogP contribution is 2.34. The number of piperidine rings is 1. The standard InChI is InChI=1S/C17H18N2O5S2/c20-17(18-13-5-6-14-15(9-13)24-11-23-14)12-3-1-7-19(10-12)26(21,22)16-4-2-8-25-16/h2,4-6,8-9,12H,1,3,7,10-11H2,(H,18,20)/t12-/m1/s1. The summed E-state index contributed by atoms with van der Waals surface area (Å²) in [6.45, 7) is 0.801. The zero-order valence-electron chi connectivity index (χ0n) is 13.9. The van der Waals surface area contributed by atoms with Crippen LogP contribution in [0.15, 0.2) is 39.9 Å². The number of carbonyl (C=O) groups excluding carboxylic acids is 1. The fraction of sp³-hybridized carbons (Fsp3) is 0.353. The van der Waals surface area contributed by atoms with Gasteiger partial charge in [0.25, 0.3) is 10.0 Å². The first-order valence-electron chi connectivity index (χ1n) is 8.28. The van der Waals surface area contributed by atoms with Crippen molar-refractivity contribution in [1.29, 1.82) is 0 Å². The van der Waals surface area contributed by atoms with Crippen molar-refractivity contribution in [2.45, 2.75) is 17.1 Å². The van der Waals surface area contributed by atoms with Gasteiger partial charge in [0, 0.05) is 24.8 Å². The van der Waals surface area contributed by atoms with E-state index in [1.54, 1.807) is 35.7 Å². The molecule has 1 aromatic heterocycles. The van der Waals surface area contributed by atoms with Crippen LogP contribution in [0.3, 0.4) is 0 Å². The van der Waals surface area contributed by atoms with Gasteiger partial charge < -0.3 is 14.8 Å². The lowest BCUT2D eigenvalue weighted by atomic mass is 9.98. The monoisotopic (exact) mass is 394 g/mol. The summed E-state index contributed by atoms with van der Waals surface area (Å²) in [7, 11) is -3.53. The Labute approximate surface area is 155 Å². The third-order valence-electron chi connectivity index (χ3n) is 4.48.